The molecule has 0 unspecified atom stereocenters. The maximum absolute atomic E-state index is 13.8. The van der Waals surface area contributed by atoms with Crippen LogP contribution in [0.3, 0.4) is 0 Å². The number of amides is 2. The molecule has 29 heavy (non-hydrogen) atoms. The van der Waals surface area contributed by atoms with Gasteiger partial charge in [-0.05, 0) is 31.9 Å². The first kappa shape index (κ1) is 19.4. The molecule has 2 amide bonds. The molecule has 3 heterocycles. The Morgan fingerprint density at radius 3 is 2.28 bits per heavy atom. The molecule has 2 fully saturated rings. The van der Waals surface area contributed by atoms with Gasteiger partial charge < -0.3 is 20.0 Å². The van der Waals surface area contributed by atoms with Gasteiger partial charge in [-0.2, -0.15) is 4.98 Å². The Kier molecular flexibility index (Phi) is 5.46. The van der Waals surface area contributed by atoms with E-state index < -0.39 is 23.4 Å². The molecule has 0 radical (unpaired) electrons. The lowest BCUT2D eigenvalue weighted by Gasteiger charge is -2.35. The lowest BCUT2D eigenvalue weighted by atomic mass is 10.3. The summed E-state index contributed by atoms with van der Waals surface area (Å²) in [4.78, 5) is 27.6. The van der Waals surface area contributed by atoms with Crippen LogP contribution >= 0.6 is 0 Å². The maximum atomic E-state index is 13.8. The molecule has 1 aromatic heterocycles. The number of aryl methyl sites for hydroxylation is 1. The van der Waals surface area contributed by atoms with Gasteiger partial charge in [-0.1, -0.05) is 6.07 Å². The van der Waals surface area contributed by atoms with E-state index in [4.69, 9.17) is 4.98 Å². The number of benzene rings is 1. The van der Waals surface area contributed by atoms with Gasteiger partial charge in [0, 0.05) is 51.0 Å². The average Bonchev–Trinajstić information content (AvgIpc) is 3.25. The highest BCUT2D eigenvalue weighted by Gasteiger charge is 2.25. The highest BCUT2D eigenvalue weighted by molar-refractivity contribution is 5.89. The topological polar surface area (TPSA) is 64.6 Å². The summed E-state index contributed by atoms with van der Waals surface area (Å²) >= 11 is 0. The Bertz CT molecular complexity index is 874. The summed E-state index contributed by atoms with van der Waals surface area (Å²) in [6.07, 6.45) is 2.35. The average molecular weight is 402 g/mol. The second kappa shape index (κ2) is 8.18. The summed E-state index contributed by atoms with van der Waals surface area (Å²) < 4.78 is 27.5. The van der Waals surface area contributed by atoms with Crippen LogP contribution in [0.25, 0.3) is 0 Å². The van der Waals surface area contributed by atoms with Crippen molar-refractivity contribution in [1.82, 2.24) is 14.9 Å². The number of carbonyl (C=O) groups excluding carboxylic acids is 1. The number of piperazine rings is 1. The number of nitrogens with zero attached hydrogens (tertiary/aromatic N) is 5. The number of para-hydroxylation sites is 1. The minimum absolute atomic E-state index is 0.415. The lowest BCUT2D eigenvalue weighted by molar-refractivity contribution is 0.207. The van der Waals surface area contributed by atoms with Crippen LogP contribution < -0.4 is 15.1 Å². The Balaban J connectivity index is 1.40. The predicted molar refractivity (Wildman–Crippen MR) is 107 cm³/mol. The number of hydrogen-bond donors (Lipinski definition) is 1. The normalized spacial score (nSPS) is 17.0. The zero-order chi connectivity index (χ0) is 20.4. The molecule has 4 rings (SSSR count). The monoisotopic (exact) mass is 402 g/mol. The van der Waals surface area contributed by atoms with Gasteiger partial charge in [0.1, 0.15) is 23.1 Å². The molecule has 154 valence electrons. The van der Waals surface area contributed by atoms with Crippen LogP contribution in [0.4, 0.5) is 31.0 Å². The molecular weight excluding hydrogens is 378 g/mol. The first-order valence-electron chi connectivity index (χ1n) is 9.87. The number of carbonyl (C=O) groups is 1. The molecule has 2 saturated heterocycles. The van der Waals surface area contributed by atoms with Crippen LogP contribution in [0.5, 0.6) is 0 Å². The highest BCUT2D eigenvalue weighted by Crippen LogP contribution is 2.23. The van der Waals surface area contributed by atoms with Gasteiger partial charge in [-0.25, -0.2) is 18.6 Å². The van der Waals surface area contributed by atoms with Crippen LogP contribution in [-0.2, 0) is 0 Å². The largest absolute Gasteiger partial charge is 0.356 e. The third-order valence-corrected chi connectivity index (χ3v) is 5.30. The number of urea groups is 1. The molecule has 1 aromatic carbocycles. The fourth-order valence-corrected chi connectivity index (χ4v) is 3.70. The van der Waals surface area contributed by atoms with Crippen molar-refractivity contribution in [2.75, 3.05) is 54.4 Å². The number of nitrogens with one attached hydrogen (secondary N) is 1. The van der Waals surface area contributed by atoms with E-state index in [1.807, 2.05) is 17.9 Å². The van der Waals surface area contributed by atoms with Gasteiger partial charge in [0.15, 0.2) is 0 Å². The van der Waals surface area contributed by atoms with E-state index in [2.05, 4.69) is 15.2 Å². The van der Waals surface area contributed by atoms with E-state index in [1.165, 1.54) is 18.9 Å². The quantitative estimate of drug-likeness (QED) is 0.855. The third kappa shape index (κ3) is 4.23. The Labute approximate surface area is 168 Å². The number of hydrogen-bond acceptors (Lipinski definition) is 5. The first-order chi connectivity index (χ1) is 14.0. The van der Waals surface area contributed by atoms with Crippen LogP contribution in [0.2, 0.25) is 0 Å². The highest BCUT2D eigenvalue weighted by atomic mass is 19.1. The molecule has 0 aliphatic carbocycles. The van der Waals surface area contributed by atoms with Gasteiger partial charge in [-0.3, -0.25) is 0 Å². The number of rotatable bonds is 3. The summed E-state index contributed by atoms with van der Waals surface area (Å²) in [7, 11) is 0. The number of halogens is 2. The number of aromatic nitrogens is 2. The van der Waals surface area contributed by atoms with Gasteiger partial charge >= 0.3 is 6.03 Å². The molecule has 2 aromatic rings. The second-order valence-corrected chi connectivity index (χ2v) is 7.36. The summed E-state index contributed by atoms with van der Waals surface area (Å²) in [5, 5.41) is 2.34. The van der Waals surface area contributed by atoms with Crippen molar-refractivity contribution in [2.24, 2.45) is 0 Å². The third-order valence-electron chi connectivity index (χ3n) is 5.30. The van der Waals surface area contributed by atoms with Crippen LogP contribution in [0.15, 0.2) is 24.3 Å². The first-order valence-corrected chi connectivity index (χ1v) is 9.87. The summed E-state index contributed by atoms with van der Waals surface area (Å²) in [5.74, 6) is 0.0199. The van der Waals surface area contributed by atoms with Crippen LogP contribution in [0, 0.1) is 18.6 Å². The minimum Gasteiger partial charge on any atom is -0.356 e. The van der Waals surface area contributed by atoms with Crippen molar-refractivity contribution in [3.8, 4) is 0 Å². The molecule has 0 spiro atoms. The molecular formula is C20H24F2N6O. The van der Waals surface area contributed by atoms with Crippen molar-refractivity contribution in [1.29, 1.82) is 0 Å². The fraction of sp³-hybridized carbons (Fsp3) is 0.450. The molecule has 2 aliphatic heterocycles. The van der Waals surface area contributed by atoms with E-state index in [9.17, 15) is 13.6 Å². The van der Waals surface area contributed by atoms with Crippen molar-refractivity contribution < 1.29 is 13.6 Å². The predicted octanol–water partition coefficient (Wildman–Crippen LogP) is 3.02. The Morgan fingerprint density at radius 1 is 0.966 bits per heavy atom. The van der Waals surface area contributed by atoms with E-state index in [1.54, 1.807) is 4.90 Å². The standard InChI is InChI=1S/C20H24F2N6O/c1-14-13-17(26-7-2-3-8-26)24-19(23-14)27-9-11-28(12-10-27)20(29)25-18-15(21)5-4-6-16(18)22/h4-6,13H,2-3,7-12H2,1H3,(H,25,29). The molecule has 0 bridgehead atoms. The lowest BCUT2D eigenvalue weighted by Crippen LogP contribution is -2.50. The molecule has 1 N–H and O–H groups in total. The summed E-state index contributed by atoms with van der Waals surface area (Å²) in [5.41, 5.74) is 0.490. The number of anilines is 3. The van der Waals surface area contributed by atoms with Gasteiger partial charge in [0.25, 0.3) is 0 Å². The summed E-state index contributed by atoms with van der Waals surface area (Å²) in [6, 6.07) is 4.98. The van der Waals surface area contributed by atoms with Gasteiger partial charge in [0.05, 0.1) is 0 Å². The van der Waals surface area contributed by atoms with Crippen molar-refractivity contribution in [3.05, 3.63) is 41.6 Å². The van der Waals surface area contributed by atoms with Gasteiger partial charge in [0.2, 0.25) is 5.95 Å². The zero-order valence-corrected chi connectivity index (χ0v) is 16.4. The Morgan fingerprint density at radius 2 is 1.62 bits per heavy atom. The fourth-order valence-electron chi connectivity index (χ4n) is 3.70. The van der Waals surface area contributed by atoms with Gasteiger partial charge in [-0.15, -0.1) is 0 Å². The minimum atomic E-state index is -0.792. The molecule has 7 nitrogen and oxygen atoms in total. The van der Waals surface area contributed by atoms with E-state index in [0.29, 0.717) is 32.1 Å². The van der Waals surface area contributed by atoms with Crippen molar-refractivity contribution >= 4 is 23.5 Å². The molecule has 2 aliphatic rings. The van der Waals surface area contributed by atoms with E-state index in [0.717, 1.165) is 36.7 Å². The van der Waals surface area contributed by atoms with Crippen LogP contribution in [0.1, 0.15) is 18.5 Å². The maximum Gasteiger partial charge on any atom is 0.322 e. The molecule has 9 heteroatoms. The van der Waals surface area contributed by atoms with E-state index >= 15 is 0 Å². The van der Waals surface area contributed by atoms with Crippen LogP contribution in [-0.4, -0.2) is 60.2 Å². The molecule has 0 atom stereocenters. The second-order valence-electron chi connectivity index (χ2n) is 7.36. The molecule has 0 saturated carbocycles. The summed E-state index contributed by atoms with van der Waals surface area (Å²) in [6.45, 7) is 5.91. The van der Waals surface area contributed by atoms with E-state index in [-0.39, 0.29) is 0 Å². The zero-order valence-electron chi connectivity index (χ0n) is 16.4. The van der Waals surface area contributed by atoms with Crippen molar-refractivity contribution in [2.45, 2.75) is 19.8 Å². The Hall–Kier alpha value is -2.97. The SMILES string of the molecule is Cc1cc(N2CCCC2)nc(N2CCN(C(=O)Nc3c(F)cccc3F)CC2)n1. The van der Waals surface area contributed by atoms with Crippen molar-refractivity contribution in [3.63, 3.8) is 0 Å². The smallest absolute Gasteiger partial charge is 0.322 e.